The average molecular weight is 218 g/mol. The number of carbonyl (C=O) groups excluding carboxylic acids is 1. The quantitative estimate of drug-likeness (QED) is 0.417. The normalized spacial score (nSPS) is 12.6. The van der Waals surface area contributed by atoms with Crippen LogP contribution in [0.3, 0.4) is 0 Å². The highest BCUT2D eigenvalue weighted by Crippen LogP contribution is 2.18. The minimum Gasteiger partial charge on any atom is -0.298 e. The maximum atomic E-state index is 10.9. The Balaban J connectivity index is 3.02. The number of hydrogen-bond donors (Lipinski definition) is 0. The molecule has 1 rings (SSSR count). The van der Waals surface area contributed by atoms with E-state index >= 15 is 0 Å². The van der Waals surface area contributed by atoms with Crippen molar-refractivity contribution in [2.75, 3.05) is 0 Å². The Morgan fingerprint density at radius 1 is 1.53 bits per heavy atom. The zero-order chi connectivity index (χ0) is 11.1. The molecule has 1 aromatic heterocycles. The van der Waals surface area contributed by atoms with Gasteiger partial charge in [-0.2, -0.15) is 0 Å². The lowest BCUT2D eigenvalue weighted by atomic mass is 10.1. The Bertz CT molecular complexity index is 383. The van der Waals surface area contributed by atoms with Crippen LogP contribution < -0.4 is 0 Å². The van der Waals surface area contributed by atoms with Crippen molar-refractivity contribution in [1.29, 1.82) is 0 Å². The van der Waals surface area contributed by atoms with E-state index in [1.54, 1.807) is 17.4 Å². The van der Waals surface area contributed by atoms with Crippen molar-refractivity contribution in [3.63, 3.8) is 0 Å². The molecule has 0 aliphatic carbocycles. The van der Waals surface area contributed by atoms with Crippen LogP contribution in [0.25, 0.3) is 6.08 Å². The minimum atomic E-state index is 0.709. The van der Waals surface area contributed by atoms with Gasteiger partial charge in [-0.05, 0) is 29.5 Å². The van der Waals surface area contributed by atoms with Crippen molar-refractivity contribution in [3.05, 3.63) is 52.3 Å². The Hall–Kier alpha value is -1.41. The first kappa shape index (κ1) is 11.7. The van der Waals surface area contributed by atoms with Gasteiger partial charge in [0.2, 0.25) is 0 Å². The first-order valence-electron chi connectivity index (χ1n) is 4.85. The third-order valence-corrected chi connectivity index (χ3v) is 2.76. The number of thiophene rings is 1. The van der Waals surface area contributed by atoms with Crippen molar-refractivity contribution < 1.29 is 4.79 Å². The van der Waals surface area contributed by atoms with Crippen LogP contribution in [0.1, 0.15) is 18.2 Å². The Morgan fingerprint density at radius 2 is 2.33 bits per heavy atom. The first-order valence-corrected chi connectivity index (χ1v) is 5.73. The van der Waals surface area contributed by atoms with E-state index in [1.807, 2.05) is 36.6 Å². The van der Waals surface area contributed by atoms with Gasteiger partial charge >= 0.3 is 0 Å². The van der Waals surface area contributed by atoms with Crippen molar-refractivity contribution in [3.8, 4) is 0 Å². The molecule has 2 heteroatoms. The van der Waals surface area contributed by atoms with Crippen molar-refractivity contribution >= 4 is 23.7 Å². The number of carbonyl (C=O) groups is 1. The summed E-state index contributed by atoms with van der Waals surface area (Å²) in [5.74, 6) is 0. The summed E-state index contributed by atoms with van der Waals surface area (Å²) in [4.78, 5) is 12.0. The largest absolute Gasteiger partial charge is 0.298 e. The van der Waals surface area contributed by atoms with E-state index in [2.05, 4.69) is 6.58 Å². The first-order chi connectivity index (χ1) is 7.31. The van der Waals surface area contributed by atoms with Gasteiger partial charge in [-0.25, -0.2) is 0 Å². The van der Waals surface area contributed by atoms with Crippen molar-refractivity contribution in [1.82, 2.24) is 0 Å². The lowest BCUT2D eigenvalue weighted by molar-refractivity contribution is -0.104. The summed E-state index contributed by atoms with van der Waals surface area (Å²) in [5.41, 5.74) is 1.59. The van der Waals surface area contributed by atoms with Gasteiger partial charge in [-0.3, -0.25) is 4.79 Å². The van der Waals surface area contributed by atoms with Gasteiger partial charge in [0.25, 0.3) is 0 Å². The lowest BCUT2D eigenvalue weighted by Gasteiger charge is -1.99. The highest BCUT2D eigenvalue weighted by atomic mass is 32.1. The van der Waals surface area contributed by atoms with E-state index in [9.17, 15) is 4.79 Å². The zero-order valence-corrected chi connectivity index (χ0v) is 9.59. The van der Waals surface area contributed by atoms with Crippen molar-refractivity contribution in [2.24, 2.45) is 0 Å². The smallest absolute Gasteiger partial charge is 0.150 e. The molecule has 0 aromatic carbocycles. The molecule has 0 saturated heterocycles. The predicted molar refractivity (Wildman–Crippen MR) is 66.9 cm³/mol. The van der Waals surface area contributed by atoms with Crippen LogP contribution in [0.5, 0.6) is 0 Å². The van der Waals surface area contributed by atoms with Crippen molar-refractivity contribution in [2.45, 2.75) is 13.3 Å². The summed E-state index contributed by atoms with van der Waals surface area (Å²) >= 11 is 1.65. The number of hydrogen-bond acceptors (Lipinski definition) is 2. The highest BCUT2D eigenvalue weighted by molar-refractivity contribution is 7.10. The number of allylic oxidation sites excluding steroid dienone is 4. The maximum absolute atomic E-state index is 10.9. The second kappa shape index (κ2) is 6.14. The van der Waals surface area contributed by atoms with Gasteiger partial charge in [0, 0.05) is 10.5 Å². The van der Waals surface area contributed by atoms with Gasteiger partial charge in [-0.15, -0.1) is 11.3 Å². The summed E-state index contributed by atoms with van der Waals surface area (Å²) in [7, 11) is 0. The summed E-state index contributed by atoms with van der Waals surface area (Å²) in [6.07, 6.45) is 7.34. The van der Waals surface area contributed by atoms with Gasteiger partial charge in [0.05, 0.1) is 0 Å². The molecule has 0 bridgehead atoms. The average Bonchev–Trinajstić information content (AvgIpc) is 2.75. The summed E-state index contributed by atoms with van der Waals surface area (Å²) in [5, 5.41) is 2.01. The molecule has 1 heterocycles. The third kappa shape index (κ3) is 3.33. The molecule has 0 unspecified atom stereocenters. The van der Waals surface area contributed by atoms with Gasteiger partial charge in [0.15, 0.2) is 0 Å². The van der Waals surface area contributed by atoms with Crippen LogP contribution in [0.4, 0.5) is 0 Å². The molecule has 0 aliphatic heterocycles. The molecule has 0 N–H and O–H groups in total. The Labute approximate surface area is 94.4 Å². The van der Waals surface area contributed by atoms with Crippen LogP contribution in [-0.4, -0.2) is 6.29 Å². The Kier molecular flexibility index (Phi) is 4.78. The monoisotopic (exact) mass is 218 g/mol. The molecule has 0 radical (unpaired) electrons. The van der Waals surface area contributed by atoms with Gasteiger partial charge in [-0.1, -0.05) is 31.7 Å². The molecule has 0 aliphatic rings. The van der Waals surface area contributed by atoms with Crippen LogP contribution in [0.15, 0.2) is 47.4 Å². The highest BCUT2D eigenvalue weighted by Gasteiger charge is 2.00. The molecule has 15 heavy (non-hydrogen) atoms. The summed E-state index contributed by atoms with van der Waals surface area (Å²) < 4.78 is 0. The minimum absolute atomic E-state index is 0.709. The van der Waals surface area contributed by atoms with E-state index in [4.69, 9.17) is 0 Å². The van der Waals surface area contributed by atoms with Crippen LogP contribution >= 0.6 is 11.3 Å². The maximum Gasteiger partial charge on any atom is 0.150 e. The van der Waals surface area contributed by atoms with E-state index in [0.29, 0.717) is 5.57 Å². The zero-order valence-electron chi connectivity index (χ0n) is 8.77. The van der Waals surface area contributed by atoms with Gasteiger partial charge in [0.1, 0.15) is 6.29 Å². The number of aldehydes is 1. The van der Waals surface area contributed by atoms with Crippen LogP contribution in [-0.2, 0) is 4.79 Å². The van der Waals surface area contributed by atoms with Crippen LogP contribution in [0, 0.1) is 0 Å². The SMILES string of the molecule is C=CC(=C/c1cccs1)/C(C=O)=C\CC. The Morgan fingerprint density at radius 3 is 2.80 bits per heavy atom. The molecule has 0 atom stereocenters. The van der Waals surface area contributed by atoms with Gasteiger partial charge < -0.3 is 0 Å². The molecule has 0 spiro atoms. The molecule has 0 fully saturated rings. The predicted octanol–water partition coefficient (Wildman–Crippen LogP) is 3.85. The molecular weight excluding hydrogens is 204 g/mol. The lowest BCUT2D eigenvalue weighted by Crippen LogP contribution is -1.87. The van der Waals surface area contributed by atoms with E-state index in [-0.39, 0.29) is 0 Å². The summed E-state index contributed by atoms with van der Waals surface area (Å²) in [6, 6.07) is 4.00. The molecule has 78 valence electrons. The standard InChI is InChI=1S/C13H14OS/c1-3-6-12(10-14)11(4-2)9-13-7-5-8-15-13/h4-10H,2-3H2,1H3/b11-9-,12-6-. The fourth-order valence-electron chi connectivity index (χ4n) is 1.24. The van der Waals surface area contributed by atoms with E-state index in [0.717, 1.165) is 23.2 Å². The molecule has 0 saturated carbocycles. The second-order valence-electron chi connectivity index (χ2n) is 3.00. The topological polar surface area (TPSA) is 17.1 Å². The summed E-state index contributed by atoms with van der Waals surface area (Å²) in [6.45, 7) is 5.74. The molecular formula is C13H14OS. The second-order valence-corrected chi connectivity index (χ2v) is 3.98. The number of rotatable bonds is 5. The molecule has 1 aromatic rings. The van der Waals surface area contributed by atoms with E-state index < -0.39 is 0 Å². The van der Waals surface area contributed by atoms with E-state index in [1.165, 1.54) is 0 Å². The van der Waals surface area contributed by atoms with Crippen LogP contribution in [0.2, 0.25) is 0 Å². The third-order valence-electron chi connectivity index (χ3n) is 1.95. The molecule has 0 amide bonds. The fourth-order valence-corrected chi connectivity index (χ4v) is 1.91. The molecule has 1 nitrogen and oxygen atoms in total. The fraction of sp³-hybridized carbons (Fsp3) is 0.154.